The lowest BCUT2D eigenvalue weighted by Crippen LogP contribution is -2.53. The number of rotatable bonds is 2. The van der Waals surface area contributed by atoms with Gasteiger partial charge in [-0.15, -0.1) is 0 Å². The highest BCUT2D eigenvalue weighted by molar-refractivity contribution is 5.58. The minimum absolute atomic E-state index is 0.167. The van der Waals surface area contributed by atoms with Crippen molar-refractivity contribution in [2.45, 2.75) is 57.7 Å². The SMILES string of the molecule is Cc1cc(N2CCOC3CCCCC32)c(C(C)N)cc1F. The van der Waals surface area contributed by atoms with Gasteiger partial charge in [0.2, 0.25) is 0 Å². The molecule has 0 spiro atoms. The number of hydrogen-bond donors (Lipinski definition) is 1. The van der Waals surface area contributed by atoms with Gasteiger partial charge in [-0.2, -0.15) is 0 Å². The molecule has 3 atom stereocenters. The second kappa shape index (κ2) is 5.93. The zero-order valence-electron chi connectivity index (χ0n) is 12.9. The fraction of sp³-hybridized carbons (Fsp3) is 0.647. The predicted octanol–water partition coefficient (Wildman–Crippen LogP) is 3.30. The van der Waals surface area contributed by atoms with Crippen molar-refractivity contribution in [3.63, 3.8) is 0 Å². The summed E-state index contributed by atoms with van der Waals surface area (Å²) < 4.78 is 19.9. The zero-order chi connectivity index (χ0) is 15.0. The summed E-state index contributed by atoms with van der Waals surface area (Å²) in [4.78, 5) is 2.42. The Balaban J connectivity index is 1.99. The molecule has 2 N–H and O–H groups in total. The molecule has 1 aromatic carbocycles. The summed E-state index contributed by atoms with van der Waals surface area (Å²) in [7, 11) is 0. The molecule has 21 heavy (non-hydrogen) atoms. The fourth-order valence-corrected chi connectivity index (χ4v) is 3.69. The average Bonchev–Trinajstić information content (AvgIpc) is 2.49. The monoisotopic (exact) mass is 292 g/mol. The minimum atomic E-state index is -0.167. The first kappa shape index (κ1) is 14.8. The van der Waals surface area contributed by atoms with Crippen LogP contribution in [-0.2, 0) is 4.74 Å². The van der Waals surface area contributed by atoms with Gasteiger partial charge < -0.3 is 15.4 Å². The van der Waals surface area contributed by atoms with Crippen LogP contribution in [0.15, 0.2) is 12.1 Å². The average molecular weight is 292 g/mol. The molecule has 3 rings (SSSR count). The van der Waals surface area contributed by atoms with E-state index in [1.807, 2.05) is 19.9 Å². The van der Waals surface area contributed by atoms with Crippen molar-refractivity contribution in [1.82, 2.24) is 0 Å². The van der Waals surface area contributed by atoms with Crippen LogP contribution in [0.3, 0.4) is 0 Å². The summed E-state index contributed by atoms with van der Waals surface area (Å²) in [6.07, 6.45) is 5.10. The molecule has 1 saturated heterocycles. The van der Waals surface area contributed by atoms with E-state index in [1.54, 1.807) is 6.07 Å². The summed E-state index contributed by atoms with van der Waals surface area (Å²) >= 11 is 0. The Kier molecular flexibility index (Phi) is 4.18. The number of morpholine rings is 1. The highest BCUT2D eigenvalue weighted by Crippen LogP contribution is 2.36. The van der Waals surface area contributed by atoms with Gasteiger partial charge in [-0.05, 0) is 49.9 Å². The van der Waals surface area contributed by atoms with Crippen molar-refractivity contribution in [3.05, 3.63) is 29.1 Å². The van der Waals surface area contributed by atoms with Gasteiger partial charge in [0.15, 0.2) is 0 Å². The summed E-state index contributed by atoms with van der Waals surface area (Å²) in [6.45, 7) is 5.36. The van der Waals surface area contributed by atoms with Crippen LogP contribution >= 0.6 is 0 Å². The highest BCUT2D eigenvalue weighted by atomic mass is 19.1. The van der Waals surface area contributed by atoms with Gasteiger partial charge in [0.05, 0.1) is 18.8 Å². The van der Waals surface area contributed by atoms with Crippen molar-refractivity contribution >= 4 is 5.69 Å². The number of hydrogen-bond acceptors (Lipinski definition) is 3. The van der Waals surface area contributed by atoms with Crippen molar-refractivity contribution in [2.75, 3.05) is 18.1 Å². The van der Waals surface area contributed by atoms with Crippen LogP contribution in [0.5, 0.6) is 0 Å². The smallest absolute Gasteiger partial charge is 0.126 e. The van der Waals surface area contributed by atoms with E-state index in [9.17, 15) is 4.39 Å². The number of aryl methyl sites for hydroxylation is 1. The third-order valence-electron chi connectivity index (χ3n) is 4.84. The van der Waals surface area contributed by atoms with Crippen LogP contribution < -0.4 is 10.6 Å². The van der Waals surface area contributed by atoms with Crippen molar-refractivity contribution < 1.29 is 9.13 Å². The maximum absolute atomic E-state index is 13.9. The Bertz CT molecular complexity index is 516. The number of nitrogens with zero attached hydrogens (tertiary/aromatic N) is 1. The number of nitrogens with two attached hydrogens (primary N) is 1. The van der Waals surface area contributed by atoms with E-state index in [-0.39, 0.29) is 11.9 Å². The first-order valence-electron chi connectivity index (χ1n) is 8.02. The molecule has 1 aromatic rings. The van der Waals surface area contributed by atoms with Crippen molar-refractivity contribution in [2.24, 2.45) is 5.73 Å². The van der Waals surface area contributed by atoms with E-state index in [0.717, 1.165) is 37.2 Å². The van der Waals surface area contributed by atoms with Crippen molar-refractivity contribution in [1.29, 1.82) is 0 Å². The number of anilines is 1. The lowest BCUT2D eigenvalue weighted by molar-refractivity contribution is -0.00876. The number of benzene rings is 1. The zero-order valence-corrected chi connectivity index (χ0v) is 12.9. The second-order valence-electron chi connectivity index (χ2n) is 6.40. The lowest BCUT2D eigenvalue weighted by atomic mass is 9.89. The molecule has 0 amide bonds. The number of halogens is 1. The molecular formula is C17H25FN2O. The maximum Gasteiger partial charge on any atom is 0.126 e. The largest absolute Gasteiger partial charge is 0.374 e. The summed E-state index contributed by atoms with van der Waals surface area (Å²) in [5.41, 5.74) is 8.78. The molecule has 1 saturated carbocycles. The molecule has 1 aliphatic heterocycles. The van der Waals surface area contributed by atoms with E-state index in [1.165, 1.54) is 12.8 Å². The molecule has 0 aromatic heterocycles. The molecule has 1 aliphatic carbocycles. The van der Waals surface area contributed by atoms with E-state index in [0.29, 0.717) is 17.7 Å². The lowest BCUT2D eigenvalue weighted by Gasteiger charge is -2.46. The molecule has 3 nitrogen and oxygen atoms in total. The highest BCUT2D eigenvalue weighted by Gasteiger charge is 2.35. The van der Waals surface area contributed by atoms with Gasteiger partial charge in [0.25, 0.3) is 0 Å². The van der Waals surface area contributed by atoms with Crippen LogP contribution in [0.25, 0.3) is 0 Å². The Morgan fingerprint density at radius 1 is 1.33 bits per heavy atom. The molecule has 116 valence electrons. The number of fused-ring (bicyclic) bond motifs is 1. The summed E-state index contributed by atoms with van der Waals surface area (Å²) in [5.74, 6) is -0.167. The third-order valence-corrected chi connectivity index (χ3v) is 4.84. The standard InChI is InChI=1S/C17H25FN2O/c1-11-9-16(13(12(2)19)10-14(11)18)20-7-8-21-17-6-4-3-5-15(17)20/h9-10,12,15,17H,3-8,19H2,1-2H3. The van der Waals surface area contributed by atoms with Gasteiger partial charge in [0, 0.05) is 18.3 Å². The van der Waals surface area contributed by atoms with Crippen LogP contribution in [0.4, 0.5) is 10.1 Å². The first-order valence-corrected chi connectivity index (χ1v) is 8.02. The van der Waals surface area contributed by atoms with Crippen LogP contribution in [0, 0.1) is 12.7 Å². The molecular weight excluding hydrogens is 267 g/mol. The van der Waals surface area contributed by atoms with E-state index < -0.39 is 0 Å². The van der Waals surface area contributed by atoms with Gasteiger partial charge in [-0.1, -0.05) is 12.8 Å². The van der Waals surface area contributed by atoms with Crippen LogP contribution in [0.2, 0.25) is 0 Å². The number of ether oxygens (including phenoxy) is 1. The molecule has 2 aliphatic rings. The normalized spacial score (nSPS) is 27.3. The Hall–Kier alpha value is -1.13. The molecule has 0 bridgehead atoms. The molecule has 3 unspecified atom stereocenters. The second-order valence-corrected chi connectivity index (χ2v) is 6.40. The Morgan fingerprint density at radius 2 is 2.10 bits per heavy atom. The quantitative estimate of drug-likeness (QED) is 0.909. The maximum atomic E-state index is 13.9. The Morgan fingerprint density at radius 3 is 2.86 bits per heavy atom. The van der Waals surface area contributed by atoms with Gasteiger partial charge in [0.1, 0.15) is 5.82 Å². The first-order chi connectivity index (χ1) is 10.1. The molecule has 2 fully saturated rings. The van der Waals surface area contributed by atoms with Gasteiger partial charge in [-0.25, -0.2) is 4.39 Å². The van der Waals surface area contributed by atoms with Crippen LogP contribution in [0.1, 0.15) is 49.8 Å². The molecule has 4 heteroatoms. The van der Waals surface area contributed by atoms with Gasteiger partial charge in [-0.3, -0.25) is 0 Å². The van der Waals surface area contributed by atoms with Gasteiger partial charge >= 0.3 is 0 Å². The minimum Gasteiger partial charge on any atom is -0.374 e. The molecule has 1 heterocycles. The fourth-order valence-electron chi connectivity index (χ4n) is 3.69. The third kappa shape index (κ3) is 2.79. The van der Waals surface area contributed by atoms with E-state index in [4.69, 9.17) is 10.5 Å². The predicted molar refractivity (Wildman–Crippen MR) is 83.1 cm³/mol. The van der Waals surface area contributed by atoms with E-state index >= 15 is 0 Å². The Labute approximate surface area is 126 Å². The summed E-state index contributed by atoms with van der Waals surface area (Å²) in [5, 5.41) is 0. The topological polar surface area (TPSA) is 38.5 Å². The van der Waals surface area contributed by atoms with E-state index in [2.05, 4.69) is 4.90 Å². The summed E-state index contributed by atoms with van der Waals surface area (Å²) in [6, 6.07) is 3.82. The van der Waals surface area contributed by atoms with Crippen molar-refractivity contribution in [3.8, 4) is 0 Å². The van der Waals surface area contributed by atoms with Crippen LogP contribution in [-0.4, -0.2) is 25.3 Å². The molecule has 0 radical (unpaired) electrons.